The summed E-state index contributed by atoms with van der Waals surface area (Å²) in [6.45, 7) is 2.05. The van der Waals surface area contributed by atoms with Crippen LogP contribution in [0.1, 0.15) is 5.56 Å². The number of anilines is 1. The van der Waals surface area contributed by atoms with Crippen molar-refractivity contribution < 1.29 is 0 Å². The monoisotopic (exact) mass is 217 g/mol. The molecule has 0 aliphatic carbocycles. The number of halogens is 1. The van der Waals surface area contributed by atoms with E-state index in [0.29, 0.717) is 0 Å². The lowest BCUT2D eigenvalue weighted by Crippen LogP contribution is -1.90. The van der Waals surface area contributed by atoms with Gasteiger partial charge in [0.05, 0.1) is 0 Å². The molecule has 1 nitrogen and oxygen atoms in total. The number of nitrogens with two attached hydrogens (primary N) is 1. The van der Waals surface area contributed by atoms with Crippen LogP contribution in [0.15, 0.2) is 42.5 Å². The fraction of sp³-hybridized carbons (Fsp3) is 0.0769. The van der Waals surface area contributed by atoms with Gasteiger partial charge in [-0.2, -0.15) is 0 Å². The predicted octanol–water partition coefficient (Wildman–Crippen LogP) is 3.90. The summed E-state index contributed by atoms with van der Waals surface area (Å²) in [6.07, 6.45) is 0. The molecule has 0 radical (unpaired) electrons. The van der Waals surface area contributed by atoms with Crippen molar-refractivity contribution in [1.82, 2.24) is 0 Å². The summed E-state index contributed by atoms with van der Waals surface area (Å²) in [4.78, 5) is 0. The summed E-state index contributed by atoms with van der Waals surface area (Å²) in [6, 6.07) is 13.7. The molecule has 0 aromatic heterocycles. The second kappa shape index (κ2) is 3.95. The van der Waals surface area contributed by atoms with E-state index in [2.05, 4.69) is 6.07 Å². The van der Waals surface area contributed by atoms with Crippen molar-refractivity contribution >= 4 is 17.3 Å². The van der Waals surface area contributed by atoms with E-state index in [9.17, 15) is 0 Å². The van der Waals surface area contributed by atoms with Gasteiger partial charge < -0.3 is 5.73 Å². The molecule has 2 aromatic carbocycles. The van der Waals surface area contributed by atoms with Gasteiger partial charge in [-0.1, -0.05) is 35.4 Å². The molecule has 0 saturated carbocycles. The maximum atomic E-state index is 5.95. The van der Waals surface area contributed by atoms with Crippen molar-refractivity contribution in [3.63, 3.8) is 0 Å². The van der Waals surface area contributed by atoms with Gasteiger partial charge in [0.25, 0.3) is 0 Å². The molecule has 0 bridgehead atoms. The molecule has 0 aliphatic heterocycles. The van der Waals surface area contributed by atoms with Crippen LogP contribution in [-0.4, -0.2) is 0 Å². The van der Waals surface area contributed by atoms with Gasteiger partial charge in [0.15, 0.2) is 0 Å². The molecule has 0 atom stereocenters. The van der Waals surface area contributed by atoms with E-state index in [4.69, 9.17) is 17.3 Å². The fourth-order valence-corrected chi connectivity index (χ4v) is 1.77. The molecule has 2 heteroatoms. The first-order chi connectivity index (χ1) is 7.16. The zero-order valence-electron chi connectivity index (χ0n) is 8.50. The minimum atomic E-state index is 0.730. The molecular formula is C13H12ClN. The van der Waals surface area contributed by atoms with Crippen LogP contribution in [0.5, 0.6) is 0 Å². The summed E-state index contributed by atoms with van der Waals surface area (Å²) in [5, 5.41) is 0.730. The summed E-state index contributed by atoms with van der Waals surface area (Å²) < 4.78 is 0. The van der Waals surface area contributed by atoms with Crippen molar-refractivity contribution in [1.29, 1.82) is 0 Å². The lowest BCUT2D eigenvalue weighted by Gasteiger charge is -2.07. The third kappa shape index (κ3) is 2.13. The Balaban J connectivity index is 2.58. The minimum Gasteiger partial charge on any atom is -0.398 e. The molecule has 0 heterocycles. The Labute approximate surface area is 94.5 Å². The number of rotatable bonds is 1. The van der Waals surface area contributed by atoms with Gasteiger partial charge in [0.1, 0.15) is 0 Å². The third-order valence-corrected chi connectivity index (χ3v) is 2.58. The molecule has 0 saturated heterocycles. The van der Waals surface area contributed by atoms with E-state index in [0.717, 1.165) is 21.8 Å². The quantitative estimate of drug-likeness (QED) is 0.721. The van der Waals surface area contributed by atoms with Crippen LogP contribution in [-0.2, 0) is 0 Å². The smallest absolute Gasteiger partial charge is 0.0412 e. The average Bonchev–Trinajstić information content (AvgIpc) is 2.22. The van der Waals surface area contributed by atoms with Crippen LogP contribution < -0.4 is 5.73 Å². The Hall–Kier alpha value is -1.47. The Morgan fingerprint density at radius 1 is 1.07 bits per heavy atom. The highest BCUT2D eigenvalue weighted by atomic mass is 35.5. The standard InChI is InChI=1S/C13H12ClN/c1-9-5-6-13(15)12(7-9)10-3-2-4-11(14)8-10/h2-8H,15H2,1H3. The Kier molecular flexibility index (Phi) is 2.65. The van der Waals surface area contributed by atoms with Gasteiger partial charge in [0.2, 0.25) is 0 Å². The van der Waals surface area contributed by atoms with Gasteiger partial charge in [-0.05, 0) is 36.8 Å². The van der Waals surface area contributed by atoms with E-state index in [1.165, 1.54) is 5.56 Å². The molecule has 15 heavy (non-hydrogen) atoms. The number of benzene rings is 2. The van der Waals surface area contributed by atoms with Crippen LogP contribution in [0, 0.1) is 6.92 Å². The molecule has 2 N–H and O–H groups in total. The zero-order chi connectivity index (χ0) is 10.8. The van der Waals surface area contributed by atoms with Gasteiger partial charge in [-0.3, -0.25) is 0 Å². The van der Waals surface area contributed by atoms with Gasteiger partial charge in [-0.25, -0.2) is 0 Å². The molecule has 0 unspecified atom stereocenters. The molecule has 0 spiro atoms. The van der Waals surface area contributed by atoms with E-state index in [1.54, 1.807) is 0 Å². The zero-order valence-corrected chi connectivity index (χ0v) is 9.25. The topological polar surface area (TPSA) is 26.0 Å². The molecule has 0 amide bonds. The van der Waals surface area contributed by atoms with Crippen molar-refractivity contribution in [2.24, 2.45) is 0 Å². The van der Waals surface area contributed by atoms with E-state index < -0.39 is 0 Å². The van der Waals surface area contributed by atoms with E-state index >= 15 is 0 Å². The third-order valence-electron chi connectivity index (χ3n) is 2.34. The number of hydrogen-bond donors (Lipinski definition) is 1. The van der Waals surface area contributed by atoms with Crippen molar-refractivity contribution in [3.8, 4) is 11.1 Å². The van der Waals surface area contributed by atoms with E-state index in [-0.39, 0.29) is 0 Å². The van der Waals surface area contributed by atoms with Crippen LogP contribution in [0.3, 0.4) is 0 Å². The molecule has 2 rings (SSSR count). The molecular weight excluding hydrogens is 206 g/mol. The van der Waals surface area contributed by atoms with Crippen LogP contribution in [0.4, 0.5) is 5.69 Å². The molecule has 0 fully saturated rings. The first-order valence-corrected chi connectivity index (χ1v) is 5.17. The Bertz CT molecular complexity index is 492. The first-order valence-electron chi connectivity index (χ1n) is 4.79. The SMILES string of the molecule is Cc1ccc(N)c(-c2cccc(Cl)c2)c1. The van der Waals surface area contributed by atoms with Crippen LogP contribution in [0.25, 0.3) is 11.1 Å². The highest BCUT2D eigenvalue weighted by molar-refractivity contribution is 6.30. The van der Waals surface area contributed by atoms with Gasteiger partial charge in [0, 0.05) is 16.3 Å². The lowest BCUT2D eigenvalue weighted by atomic mass is 10.0. The number of aryl methyl sites for hydroxylation is 1. The van der Waals surface area contributed by atoms with Gasteiger partial charge in [-0.15, -0.1) is 0 Å². The molecule has 0 aliphatic rings. The maximum Gasteiger partial charge on any atom is 0.0412 e. The second-order valence-corrected chi connectivity index (χ2v) is 4.04. The van der Waals surface area contributed by atoms with Gasteiger partial charge >= 0.3 is 0 Å². The van der Waals surface area contributed by atoms with Crippen molar-refractivity contribution in [2.75, 3.05) is 5.73 Å². The minimum absolute atomic E-state index is 0.730. The Morgan fingerprint density at radius 3 is 2.60 bits per heavy atom. The summed E-state index contributed by atoms with van der Waals surface area (Å²) >= 11 is 5.95. The number of hydrogen-bond acceptors (Lipinski definition) is 1. The lowest BCUT2D eigenvalue weighted by molar-refractivity contribution is 1.47. The largest absolute Gasteiger partial charge is 0.398 e. The summed E-state index contributed by atoms with van der Waals surface area (Å²) in [5.41, 5.74) is 10.0. The molecule has 76 valence electrons. The average molecular weight is 218 g/mol. The van der Waals surface area contributed by atoms with Crippen molar-refractivity contribution in [2.45, 2.75) is 6.92 Å². The predicted molar refractivity (Wildman–Crippen MR) is 66.0 cm³/mol. The number of nitrogen functional groups attached to an aromatic ring is 1. The Morgan fingerprint density at radius 2 is 1.87 bits per heavy atom. The first kappa shape index (κ1) is 10.1. The van der Waals surface area contributed by atoms with E-state index in [1.807, 2.05) is 43.3 Å². The highest BCUT2D eigenvalue weighted by Gasteiger charge is 2.02. The highest BCUT2D eigenvalue weighted by Crippen LogP contribution is 2.28. The summed E-state index contributed by atoms with van der Waals surface area (Å²) in [7, 11) is 0. The van der Waals surface area contributed by atoms with Crippen LogP contribution >= 0.6 is 11.6 Å². The molecule has 2 aromatic rings. The summed E-state index contributed by atoms with van der Waals surface area (Å²) in [5.74, 6) is 0. The maximum absolute atomic E-state index is 5.95. The van der Waals surface area contributed by atoms with Crippen molar-refractivity contribution in [3.05, 3.63) is 53.1 Å². The fourth-order valence-electron chi connectivity index (χ4n) is 1.58. The second-order valence-electron chi connectivity index (χ2n) is 3.60. The van der Waals surface area contributed by atoms with Crippen LogP contribution in [0.2, 0.25) is 5.02 Å². The normalized spacial score (nSPS) is 10.3.